The number of halogens is 1. The molecule has 0 saturated carbocycles. The molecule has 0 spiro atoms. The van der Waals surface area contributed by atoms with Gasteiger partial charge in [-0.2, -0.15) is 20.2 Å². The molecule has 1 aliphatic rings. The van der Waals surface area contributed by atoms with Crippen molar-refractivity contribution in [2.75, 3.05) is 5.75 Å². The lowest BCUT2D eigenvalue weighted by Crippen LogP contribution is -2.08. The highest BCUT2D eigenvalue weighted by Gasteiger charge is 2.12. The maximum absolute atomic E-state index is 10.5. The SMILES string of the molecule is O=S(=O)(Cl)C#CCC1CCCCS1. The zero-order valence-corrected chi connectivity index (χ0v) is 9.51. The zero-order valence-electron chi connectivity index (χ0n) is 7.12. The topological polar surface area (TPSA) is 34.1 Å². The Bertz CT molecular complexity index is 307. The van der Waals surface area contributed by atoms with E-state index >= 15 is 0 Å². The summed E-state index contributed by atoms with van der Waals surface area (Å²) in [6, 6.07) is 0. The molecular formula is C8H11ClO2S2. The fourth-order valence-electron chi connectivity index (χ4n) is 1.21. The summed E-state index contributed by atoms with van der Waals surface area (Å²) in [5.74, 6) is 3.77. The van der Waals surface area contributed by atoms with Crippen LogP contribution >= 0.6 is 22.4 Å². The largest absolute Gasteiger partial charge is 0.300 e. The molecule has 0 amide bonds. The van der Waals surface area contributed by atoms with Gasteiger partial charge in [-0.15, -0.1) is 0 Å². The second kappa shape index (κ2) is 5.14. The van der Waals surface area contributed by atoms with Crippen LogP contribution in [0.3, 0.4) is 0 Å². The van der Waals surface area contributed by atoms with Crippen molar-refractivity contribution >= 4 is 31.5 Å². The third kappa shape index (κ3) is 5.45. The molecular weight excluding hydrogens is 228 g/mol. The van der Waals surface area contributed by atoms with Gasteiger partial charge in [-0.3, -0.25) is 0 Å². The Labute approximate surface area is 87.8 Å². The van der Waals surface area contributed by atoms with Gasteiger partial charge in [-0.05, 0) is 18.6 Å². The van der Waals surface area contributed by atoms with E-state index in [9.17, 15) is 8.42 Å². The van der Waals surface area contributed by atoms with Crippen LogP contribution in [0.25, 0.3) is 0 Å². The second-order valence-electron chi connectivity index (χ2n) is 2.91. The molecule has 1 rings (SSSR count). The summed E-state index contributed by atoms with van der Waals surface area (Å²) in [5.41, 5.74) is 0. The van der Waals surface area contributed by atoms with Crippen LogP contribution in [0.4, 0.5) is 0 Å². The van der Waals surface area contributed by atoms with Crippen molar-refractivity contribution in [1.29, 1.82) is 0 Å². The van der Waals surface area contributed by atoms with Gasteiger partial charge in [0.2, 0.25) is 0 Å². The Morgan fingerprint density at radius 3 is 2.77 bits per heavy atom. The Balaban J connectivity index is 2.35. The molecule has 0 N–H and O–H groups in total. The molecule has 0 aromatic carbocycles. The predicted octanol–water partition coefficient (Wildman–Crippen LogP) is 2.19. The van der Waals surface area contributed by atoms with Gasteiger partial charge in [0.1, 0.15) is 0 Å². The van der Waals surface area contributed by atoms with E-state index in [0.29, 0.717) is 11.7 Å². The third-order valence-electron chi connectivity index (χ3n) is 1.80. The first-order valence-corrected chi connectivity index (χ1v) is 7.49. The standard InChI is InChI=1S/C8H11ClO2S2/c9-13(10,11)7-3-5-8-4-1-2-6-12-8/h8H,1-2,4-6H2. The lowest BCUT2D eigenvalue weighted by atomic mass is 10.1. The average Bonchev–Trinajstić information content (AvgIpc) is 2.04. The highest BCUT2D eigenvalue weighted by molar-refractivity contribution is 8.17. The molecule has 1 aliphatic heterocycles. The summed E-state index contributed by atoms with van der Waals surface area (Å²) < 4.78 is 20.9. The van der Waals surface area contributed by atoms with E-state index in [1.807, 2.05) is 17.0 Å². The van der Waals surface area contributed by atoms with E-state index in [-0.39, 0.29) is 0 Å². The number of thioether (sulfide) groups is 1. The van der Waals surface area contributed by atoms with Gasteiger partial charge in [0.25, 0.3) is 0 Å². The molecule has 0 aromatic heterocycles. The van der Waals surface area contributed by atoms with Crippen LogP contribution in [0.2, 0.25) is 0 Å². The number of hydrogen-bond donors (Lipinski definition) is 0. The van der Waals surface area contributed by atoms with Crippen molar-refractivity contribution in [3.8, 4) is 11.2 Å². The van der Waals surface area contributed by atoms with E-state index < -0.39 is 9.05 Å². The molecule has 1 saturated heterocycles. The molecule has 0 aliphatic carbocycles. The van der Waals surface area contributed by atoms with Crippen LogP contribution < -0.4 is 0 Å². The monoisotopic (exact) mass is 238 g/mol. The normalized spacial score (nSPS) is 23.3. The predicted molar refractivity (Wildman–Crippen MR) is 57.3 cm³/mol. The minimum atomic E-state index is -3.62. The summed E-state index contributed by atoms with van der Waals surface area (Å²) in [6.45, 7) is 0. The Morgan fingerprint density at radius 2 is 2.23 bits per heavy atom. The Morgan fingerprint density at radius 1 is 1.46 bits per heavy atom. The Kier molecular flexibility index (Phi) is 4.43. The van der Waals surface area contributed by atoms with E-state index in [0.717, 1.165) is 6.42 Å². The molecule has 0 bridgehead atoms. The molecule has 0 aromatic rings. The molecule has 74 valence electrons. The zero-order chi connectivity index (χ0) is 9.73. The van der Waals surface area contributed by atoms with E-state index in [1.165, 1.54) is 18.6 Å². The van der Waals surface area contributed by atoms with Gasteiger partial charge in [-0.25, -0.2) is 0 Å². The second-order valence-corrected chi connectivity index (χ2v) is 6.62. The molecule has 1 unspecified atom stereocenters. The van der Waals surface area contributed by atoms with E-state index in [4.69, 9.17) is 10.7 Å². The lowest BCUT2D eigenvalue weighted by Gasteiger charge is -2.18. The van der Waals surface area contributed by atoms with Crippen LogP contribution in [0.15, 0.2) is 0 Å². The summed E-state index contributed by atoms with van der Waals surface area (Å²) in [6.07, 6.45) is 4.27. The van der Waals surface area contributed by atoms with Gasteiger partial charge >= 0.3 is 9.05 Å². The molecule has 1 heterocycles. The highest BCUT2D eigenvalue weighted by atomic mass is 35.7. The van der Waals surface area contributed by atoms with Crippen molar-refractivity contribution in [1.82, 2.24) is 0 Å². The van der Waals surface area contributed by atoms with Crippen LogP contribution in [0.5, 0.6) is 0 Å². The summed E-state index contributed by atoms with van der Waals surface area (Å²) in [7, 11) is 1.32. The minimum absolute atomic E-state index is 0.500. The molecule has 5 heteroatoms. The van der Waals surface area contributed by atoms with Crippen molar-refractivity contribution in [3.05, 3.63) is 0 Å². The third-order valence-corrected chi connectivity index (χ3v) is 3.82. The fourth-order valence-corrected chi connectivity index (χ4v) is 2.87. The van der Waals surface area contributed by atoms with Gasteiger partial charge in [0, 0.05) is 27.6 Å². The molecule has 0 radical (unpaired) electrons. The summed E-state index contributed by atoms with van der Waals surface area (Å²) in [5, 5.41) is 2.54. The van der Waals surface area contributed by atoms with Gasteiger partial charge in [0.05, 0.1) is 0 Å². The molecule has 1 atom stereocenters. The van der Waals surface area contributed by atoms with Crippen molar-refractivity contribution in [2.45, 2.75) is 30.9 Å². The first-order valence-electron chi connectivity index (χ1n) is 4.14. The summed E-state index contributed by atoms with van der Waals surface area (Å²) in [4.78, 5) is 0. The maximum Gasteiger partial charge on any atom is 0.300 e. The molecule has 2 nitrogen and oxygen atoms in total. The van der Waals surface area contributed by atoms with Crippen LogP contribution in [-0.2, 0) is 9.05 Å². The lowest BCUT2D eigenvalue weighted by molar-refractivity contribution is 0.618. The first kappa shape index (κ1) is 11.2. The molecule has 13 heavy (non-hydrogen) atoms. The fraction of sp³-hybridized carbons (Fsp3) is 0.750. The van der Waals surface area contributed by atoms with Gasteiger partial charge < -0.3 is 0 Å². The van der Waals surface area contributed by atoms with Crippen molar-refractivity contribution < 1.29 is 8.42 Å². The van der Waals surface area contributed by atoms with Crippen LogP contribution in [0.1, 0.15) is 25.7 Å². The van der Waals surface area contributed by atoms with E-state index in [1.54, 1.807) is 0 Å². The average molecular weight is 239 g/mol. The Hall–Kier alpha value is 0.150. The highest BCUT2D eigenvalue weighted by Crippen LogP contribution is 2.26. The number of rotatable bonds is 1. The number of hydrogen-bond acceptors (Lipinski definition) is 3. The van der Waals surface area contributed by atoms with Crippen molar-refractivity contribution in [3.63, 3.8) is 0 Å². The van der Waals surface area contributed by atoms with E-state index in [2.05, 4.69) is 5.92 Å². The summed E-state index contributed by atoms with van der Waals surface area (Å²) >= 11 is 1.87. The van der Waals surface area contributed by atoms with Crippen LogP contribution in [0, 0.1) is 11.2 Å². The quantitative estimate of drug-likeness (QED) is 0.519. The smallest absolute Gasteiger partial charge is 0.198 e. The van der Waals surface area contributed by atoms with Gasteiger partial charge in [-0.1, -0.05) is 12.3 Å². The van der Waals surface area contributed by atoms with Crippen LogP contribution in [-0.4, -0.2) is 19.4 Å². The molecule has 1 fully saturated rings. The maximum atomic E-state index is 10.5. The first-order chi connectivity index (χ1) is 6.08. The van der Waals surface area contributed by atoms with Gasteiger partial charge in [0.15, 0.2) is 0 Å². The minimum Gasteiger partial charge on any atom is -0.198 e. The van der Waals surface area contributed by atoms with Crippen molar-refractivity contribution in [2.24, 2.45) is 0 Å².